The summed E-state index contributed by atoms with van der Waals surface area (Å²) in [5.74, 6) is 0.0454. The highest BCUT2D eigenvalue weighted by atomic mass is 35.5. The van der Waals surface area contributed by atoms with Crippen LogP contribution in [0.5, 0.6) is 0 Å². The van der Waals surface area contributed by atoms with Crippen LogP contribution < -0.4 is 10.6 Å². The topological polar surface area (TPSA) is 41.1 Å². The molecule has 1 amide bonds. The van der Waals surface area contributed by atoms with Gasteiger partial charge in [-0.25, -0.2) is 0 Å². The Labute approximate surface area is 127 Å². The highest BCUT2D eigenvalue weighted by molar-refractivity contribution is 7.16. The second kappa shape index (κ2) is 5.95. The molecule has 2 heterocycles. The molecule has 1 aromatic carbocycles. The Bertz CT molecular complexity index is 626. The van der Waals surface area contributed by atoms with Crippen LogP contribution in [0.4, 0.5) is 0 Å². The van der Waals surface area contributed by atoms with Crippen LogP contribution in [0.1, 0.15) is 16.0 Å². The molecule has 0 unspecified atom stereocenters. The Morgan fingerprint density at radius 1 is 1.30 bits per heavy atom. The summed E-state index contributed by atoms with van der Waals surface area (Å²) < 4.78 is 0.749. The zero-order valence-corrected chi connectivity index (χ0v) is 12.4. The van der Waals surface area contributed by atoms with E-state index in [1.54, 1.807) is 0 Å². The van der Waals surface area contributed by atoms with E-state index >= 15 is 0 Å². The van der Waals surface area contributed by atoms with Gasteiger partial charge in [-0.05, 0) is 29.7 Å². The largest absolute Gasteiger partial charge is 0.350 e. The summed E-state index contributed by atoms with van der Waals surface area (Å²) in [4.78, 5) is 13.3. The quantitative estimate of drug-likeness (QED) is 0.915. The van der Waals surface area contributed by atoms with Gasteiger partial charge in [-0.3, -0.25) is 4.79 Å². The predicted octanol–water partition coefficient (Wildman–Crippen LogP) is 2.73. The van der Waals surface area contributed by atoms with E-state index in [0.29, 0.717) is 6.54 Å². The van der Waals surface area contributed by atoms with Crippen molar-refractivity contribution in [2.45, 2.75) is 25.6 Å². The Hall–Kier alpha value is -1.36. The molecular formula is C15H15ClN2OS. The fraction of sp³-hybridized carbons (Fsp3) is 0.267. The summed E-state index contributed by atoms with van der Waals surface area (Å²) in [7, 11) is 0. The van der Waals surface area contributed by atoms with Crippen LogP contribution in [0.25, 0.3) is 0 Å². The summed E-state index contributed by atoms with van der Waals surface area (Å²) in [6.07, 6.45) is 0.743. The highest BCUT2D eigenvalue weighted by Crippen LogP contribution is 2.21. The number of thiophene rings is 1. The summed E-state index contributed by atoms with van der Waals surface area (Å²) in [6.45, 7) is 1.29. The smallest absolute Gasteiger partial charge is 0.237 e. The van der Waals surface area contributed by atoms with Gasteiger partial charge in [0.2, 0.25) is 5.91 Å². The molecule has 2 aromatic rings. The number of carbonyl (C=O) groups is 1. The number of fused-ring (bicyclic) bond motifs is 1. The molecule has 1 aliphatic rings. The third-order valence-corrected chi connectivity index (χ3v) is 4.69. The van der Waals surface area contributed by atoms with Crippen molar-refractivity contribution in [2.24, 2.45) is 0 Å². The molecule has 2 N–H and O–H groups in total. The predicted molar refractivity (Wildman–Crippen MR) is 81.9 cm³/mol. The minimum Gasteiger partial charge on any atom is -0.350 e. The molecule has 3 rings (SSSR count). The molecule has 0 fully saturated rings. The summed E-state index contributed by atoms with van der Waals surface area (Å²) in [5.41, 5.74) is 2.53. The lowest BCUT2D eigenvalue weighted by Gasteiger charge is -2.25. The van der Waals surface area contributed by atoms with Gasteiger partial charge in [0.1, 0.15) is 0 Å². The first-order chi connectivity index (χ1) is 9.72. The maximum atomic E-state index is 12.2. The van der Waals surface area contributed by atoms with Crippen molar-refractivity contribution in [2.75, 3.05) is 0 Å². The molecule has 3 nitrogen and oxygen atoms in total. The Morgan fingerprint density at radius 3 is 2.85 bits per heavy atom. The molecule has 5 heteroatoms. The summed E-state index contributed by atoms with van der Waals surface area (Å²) in [6, 6.07) is 11.9. The Kier molecular flexibility index (Phi) is 4.05. The number of carbonyl (C=O) groups excluding carboxylic acids is 1. The van der Waals surface area contributed by atoms with Gasteiger partial charge in [0.25, 0.3) is 0 Å². The number of benzene rings is 1. The van der Waals surface area contributed by atoms with Gasteiger partial charge in [0.15, 0.2) is 0 Å². The first-order valence-corrected chi connectivity index (χ1v) is 7.74. The zero-order chi connectivity index (χ0) is 13.9. The number of hydrogen-bond acceptors (Lipinski definition) is 3. The highest BCUT2D eigenvalue weighted by Gasteiger charge is 2.23. The first-order valence-electron chi connectivity index (χ1n) is 6.54. The number of amides is 1. The van der Waals surface area contributed by atoms with E-state index in [1.165, 1.54) is 22.5 Å². The average Bonchev–Trinajstić information content (AvgIpc) is 2.90. The second-order valence-corrected chi connectivity index (χ2v) is 6.63. The van der Waals surface area contributed by atoms with Crippen molar-refractivity contribution in [3.8, 4) is 0 Å². The van der Waals surface area contributed by atoms with Gasteiger partial charge < -0.3 is 10.6 Å². The second-order valence-electron chi connectivity index (χ2n) is 4.83. The standard InChI is InChI=1S/C15H15ClN2OS/c16-14-6-5-12(20-14)9-18-15(19)13-7-10-3-1-2-4-11(10)8-17-13/h1-6,13,17H,7-9H2,(H,18,19)/t13-/m1/s1. The molecule has 1 atom stereocenters. The van der Waals surface area contributed by atoms with Crippen LogP contribution in [-0.2, 0) is 24.3 Å². The monoisotopic (exact) mass is 306 g/mol. The number of nitrogens with one attached hydrogen (secondary N) is 2. The van der Waals surface area contributed by atoms with Gasteiger partial charge in [0, 0.05) is 11.4 Å². The average molecular weight is 307 g/mol. The van der Waals surface area contributed by atoms with E-state index in [0.717, 1.165) is 22.2 Å². The SMILES string of the molecule is O=C(NCc1ccc(Cl)s1)[C@H]1Cc2ccccc2CN1. The van der Waals surface area contributed by atoms with E-state index in [9.17, 15) is 4.79 Å². The lowest BCUT2D eigenvalue weighted by atomic mass is 9.95. The molecule has 20 heavy (non-hydrogen) atoms. The van der Waals surface area contributed by atoms with E-state index in [1.807, 2.05) is 24.3 Å². The van der Waals surface area contributed by atoms with Crippen molar-refractivity contribution < 1.29 is 4.79 Å². The number of halogens is 1. The summed E-state index contributed by atoms with van der Waals surface area (Å²) in [5, 5.41) is 6.24. The molecule has 1 aliphatic heterocycles. The number of rotatable bonds is 3. The lowest BCUT2D eigenvalue weighted by molar-refractivity contribution is -0.123. The fourth-order valence-electron chi connectivity index (χ4n) is 2.38. The van der Waals surface area contributed by atoms with E-state index < -0.39 is 0 Å². The van der Waals surface area contributed by atoms with Crippen molar-refractivity contribution in [3.05, 3.63) is 56.7 Å². The van der Waals surface area contributed by atoms with E-state index in [2.05, 4.69) is 22.8 Å². The maximum absolute atomic E-state index is 12.2. The molecule has 0 saturated heterocycles. The maximum Gasteiger partial charge on any atom is 0.237 e. The van der Waals surface area contributed by atoms with Gasteiger partial charge >= 0.3 is 0 Å². The molecule has 1 aromatic heterocycles. The molecule has 0 spiro atoms. The van der Waals surface area contributed by atoms with Gasteiger partial charge in [-0.2, -0.15) is 0 Å². The van der Waals surface area contributed by atoms with Crippen LogP contribution in [-0.4, -0.2) is 11.9 Å². The minimum absolute atomic E-state index is 0.0454. The minimum atomic E-state index is -0.152. The zero-order valence-electron chi connectivity index (χ0n) is 10.9. The van der Waals surface area contributed by atoms with Gasteiger partial charge in [-0.15, -0.1) is 11.3 Å². The number of hydrogen-bond donors (Lipinski definition) is 2. The lowest BCUT2D eigenvalue weighted by Crippen LogP contribution is -2.47. The molecular weight excluding hydrogens is 292 g/mol. The van der Waals surface area contributed by atoms with Gasteiger partial charge in [0.05, 0.1) is 16.9 Å². The van der Waals surface area contributed by atoms with Gasteiger partial charge in [-0.1, -0.05) is 35.9 Å². The van der Waals surface area contributed by atoms with E-state index in [4.69, 9.17) is 11.6 Å². The molecule has 0 aliphatic carbocycles. The van der Waals surface area contributed by atoms with Crippen LogP contribution in [0.15, 0.2) is 36.4 Å². The molecule has 0 saturated carbocycles. The molecule has 0 radical (unpaired) electrons. The third kappa shape index (κ3) is 3.03. The van der Waals surface area contributed by atoms with Crippen LogP contribution in [0.3, 0.4) is 0 Å². The van der Waals surface area contributed by atoms with Crippen LogP contribution in [0, 0.1) is 0 Å². The molecule has 0 bridgehead atoms. The Balaban J connectivity index is 1.59. The summed E-state index contributed by atoms with van der Waals surface area (Å²) >= 11 is 7.37. The Morgan fingerprint density at radius 2 is 2.10 bits per heavy atom. The normalized spacial score (nSPS) is 17.6. The van der Waals surface area contributed by atoms with Crippen molar-refractivity contribution in [1.82, 2.24) is 10.6 Å². The van der Waals surface area contributed by atoms with Crippen LogP contribution in [0.2, 0.25) is 4.34 Å². The van der Waals surface area contributed by atoms with Crippen molar-refractivity contribution in [3.63, 3.8) is 0 Å². The molecule has 104 valence electrons. The van der Waals surface area contributed by atoms with Crippen molar-refractivity contribution >= 4 is 28.8 Å². The van der Waals surface area contributed by atoms with E-state index in [-0.39, 0.29) is 11.9 Å². The van der Waals surface area contributed by atoms with Crippen molar-refractivity contribution in [1.29, 1.82) is 0 Å². The first kappa shape index (κ1) is 13.6. The fourth-order valence-corrected chi connectivity index (χ4v) is 3.41. The third-order valence-electron chi connectivity index (χ3n) is 3.46. The van der Waals surface area contributed by atoms with Crippen LogP contribution >= 0.6 is 22.9 Å².